The van der Waals surface area contributed by atoms with E-state index in [4.69, 9.17) is 9.72 Å². The molecule has 3 nitrogen and oxygen atoms in total. The van der Waals surface area contributed by atoms with Crippen molar-refractivity contribution >= 4 is 11.3 Å². The first-order valence-electron chi connectivity index (χ1n) is 7.38. The average molecular weight is 281 g/mol. The molecule has 1 fully saturated rings. The third kappa shape index (κ3) is 2.34. The zero-order valence-corrected chi connectivity index (χ0v) is 12.6. The molecule has 0 bridgehead atoms. The lowest BCUT2D eigenvalue weighted by Gasteiger charge is -2.36. The van der Waals surface area contributed by atoms with Gasteiger partial charge in [-0.1, -0.05) is 6.92 Å². The van der Waals surface area contributed by atoms with E-state index in [1.54, 1.807) is 11.3 Å². The van der Waals surface area contributed by atoms with Crippen LogP contribution in [0.25, 0.3) is 0 Å². The maximum atomic E-state index is 10.1. The number of hydrogen-bond donors (Lipinski definition) is 1. The molecule has 0 aromatic carbocycles. The number of hydrogen-bond acceptors (Lipinski definition) is 4. The highest BCUT2D eigenvalue weighted by Crippen LogP contribution is 2.45. The molecule has 2 aliphatic rings. The largest absolute Gasteiger partial charge is 0.387 e. The summed E-state index contributed by atoms with van der Waals surface area (Å²) in [7, 11) is 1.81. The fourth-order valence-corrected chi connectivity index (χ4v) is 4.71. The summed E-state index contributed by atoms with van der Waals surface area (Å²) in [4.78, 5) is 6.05. The van der Waals surface area contributed by atoms with E-state index in [9.17, 15) is 5.11 Å². The average Bonchev–Trinajstić information content (AvgIpc) is 2.86. The van der Waals surface area contributed by atoms with Gasteiger partial charge < -0.3 is 9.84 Å². The molecule has 0 amide bonds. The van der Waals surface area contributed by atoms with Crippen LogP contribution in [0.2, 0.25) is 0 Å². The van der Waals surface area contributed by atoms with Gasteiger partial charge in [0.15, 0.2) is 0 Å². The quantitative estimate of drug-likeness (QED) is 0.901. The van der Waals surface area contributed by atoms with E-state index < -0.39 is 0 Å². The third-order valence-electron chi connectivity index (χ3n) is 4.79. The van der Waals surface area contributed by atoms with Crippen LogP contribution in [-0.4, -0.2) is 17.2 Å². The number of nitrogens with zero attached hydrogens (tertiary/aromatic N) is 1. The van der Waals surface area contributed by atoms with Crippen molar-refractivity contribution in [3.05, 3.63) is 15.6 Å². The number of methoxy groups -OCH3 is 1. The summed E-state index contributed by atoms with van der Waals surface area (Å²) in [6.07, 6.45) is 7.19. The van der Waals surface area contributed by atoms with E-state index in [0.717, 1.165) is 48.7 Å². The van der Waals surface area contributed by atoms with Gasteiger partial charge in [-0.25, -0.2) is 4.98 Å². The standard InChI is InChI=1S/C15H23NO2S/c1-10-6-8-15(18-2,9-7-10)14-16-13-11(17)4-3-5-12(13)19-14/h10-11,17H,3-9H2,1-2H3. The molecule has 0 radical (unpaired) electrons. The predicted molar refractivity (Wildman–Crippen MR) is 76.3 cm³/mol. The summed E-state index contributed by atoms with van der Waals surface area (Å²) in [5.74, 6) is 0.795. The van der Waals surface area contributed by atoms with Crippen LogP contribution in [0.1, 0.15) is 67.1 Å². The molecule has 1 aromatic rings. The number of aliphatic hydroxyl groups excluding tert-OH is 1. The smallest absolute Gasteiger partial charge is 0.125 e. The number of aromatic nitrogens is 1. The molecule has 0 aliphatic heterocycles. The highest BCUT2D eigenvalue weighted by atomic mass is 32.1. The van der Waals surface area contributed by atoms with Crippen LogP contribution in [0.3, 0.4) is 0 Å². The Balaban J connectivity index is 1.92. The van der Waals surface area contributed by atoms with Crippen LogP contribution in [0.15, 0.2) is 0 Å². The van der Waals surface area contributed by atoms with E-state index in [1.165, 1.54) is 17.7 Å². The summed E-state index contributed by atoms with van der Waals surface area (Å²) in [6, 6.07) is 0. The summed E-state index contributed by atoms with van der Waals surface area (Å²) in [5, 5.41) is 11.2. The number of aryl methyl sites for hydroxylation is 1. The Bertz CT molecular complexity index is 449. The maximum Gasteiger partial charge on any atom is 0.125 e. The molecule has 1 aromatic heterocycles. The normalized spacial score (nSPS) is 35.1. The fourth-order valence-electron chi connectivity index (χ4n) is 3.32. The molecular weight excluding hydrogens is 258 g/mol. The van der Waals surface area contributed by atoms with Gasteiger partial charge in [0.1, 0.15) is 10.6 Å². The molecule has 0 saturated heterocycles. The highest BCUT2D eigenvalue weighted by molar-refractivity contribution is 7.11. The number of aliphatic hydroxyl groups is 1. The molecule has 1 atom stereocenters. The van der Waals surface area contributed by atoms with Gasteiger partial charge in [0.2, 0.25) is 0 Å². The van der Waals surface area contributed by atoms with Crippen molar-refractivity contribution in [1.82, 2.24) is 4.98 Å². The summed E-state index contributed by atoms with van der Waals surface area (Å²) in [6.45, 7) is 2.32. The first kappa shape index (κ1) is 13.5. The van der Waals surface area contributed by atoms with E-state index in [-0.39, 0.29) is 11.7 Å². The van der Waals surface area contributed by atoms with Gasteiger partial charge in [-0.3, -0.25) is 0 Å². The minimum atomic E-state index is -0.356. The van der Waals surface area contributed by atoms with Crippen molar-refractivity contribution in [2.24, 2.45) is 5.92 Å². The van der Waals surface area contributed by atoms with E-state index >= 15 is 0 Å². The molecule has 1 unspecified atom stereocenters. The van der Waals surface area contributed by atoms with Gasteiger partial charge >= 0.3 is 0 Å². The monoisotopic (exact) mass is 281 g/mol. The SMILES string of the molecule is COC1(c2nc3c(s2)CCCC3O)CCC(C)CC1. The van der Waals surface area contributed by atoms with Crippen molar-refractivity contribution in [2.45, 2.75) is 63.6 Å². The van der Waals surface area contributed by atoms with Gasteiger partial charge in [-0.2, -0.15) is 0 Å². The zero-order chi connectivity index (χ0) is 13.5. The second-order valence-electron chi connectivity index (χ2n) is 6.12. The summed E-state index contributed by atoms with van der Waals surface area (Å²) >= 11 is 1.77. The van der Waals surface area contributed by atoms with Crippen molar-refractivity contribution < 1.29 is 9.84 Å². The number of ether oxygens (including phenoxy) is 1. The van der Waals surface area contributed by atoms with Crippen LogP contribution in [0, 0.1) is 5.92 Å². The highest BCUT2D eigenvalue weighted by Gasteiger charge is 2.40. The van der Waals surface area contributed by atoms with Gasteiger partial charge in [-0.15, -0.1) is 11.3 Å². The fraction of sp³-hybridized carbons (Fsp3) is 0.800. The van der Waals surface area contributed by atoms with Crippen molar-refractivity contribution in [1.29, 1.82) is 0 Å². The van der Waals surface area contributed by atoms with Crippen LogP contribution in [-0.2, 0) is 16.8 Å². The zero-order valence-electron chi connectivity index (χ0n) is 11.8. The van der Waals surface area contributed by atoms with Crippen molar-refractivity contribution in [3.8, 4) is 0 Å². The first-order chi connectivity index (χ1) is 9.14. The molecule has 106 valence electrons. The Labute approximate surface area is 119 Å². The predicted octanol–water partition coefficient (Wildman–Crippen LogP) is 3.56. The van der Waals surface area contributed by atoms with Crippen molar-refractivity contribution in [3.63, 3.8) is 0 Å². The molecule has 1 heterocycles. The summed E-state index contributed by atoms with van der Waals surface area (Å²) < 4.78 is 5.89. The number of fused-ring (bicyclic) bond motifs is 1. The van der Waals surface area contributed by atoms with Gasteiger partial charge in [0.05, 0.1) is 11.8 Å². The molecule has 3 rings (SSSR count). The topological polar surface area (TPSA) is 42.4 Å². The Morgan fingerprint density at radius 2 is 2.05 bits per heavy atom. The van der Waals surface area contributed by atoms with Crippen LogP contribution < -0.4 is 0 Å². The lowest BCUT2D eigenvalue weighted by atomic mass is 9.80. The Morgan fingerprint density at radius 3 is 2.68 bits per heavy atom. The lowest BCUT2D eigenvalue weighted by molar-refractivity contribution is -0.0533. The van der Waals surface area contributed by atoms with E-state index in [1.807, 2.05) is 7.11 Å². The Kier molecular flexibility index (Phi) is 3.67. The Morgan fingerprint density at radius 1 is 1.32 bits per heavy atom. The van der Waals surface area contributed by atoms with Gasteiger partial charge in [0.25, 0.3) is 0 Å². The molecule has 4 heteroatoms. The molecule has 1 N–H and O–H groups in total. The third-order valence-corrected chi connectivity index (χ3v) is 6.10. The minimum Gasteiger partial charge on any atom is -0.387 e. The summed E-state index contributed by atoms with van der Waals surface area (Å²) in [5.41, 5.74) is 0.745. The first-order valence-corrected chi connectivity index (χ1v) is 8.19. The number of rotatable bonds is 2. The minimum absolute atomic E-state index is 0.186. The molecule has 19 heavy (non-hydrogen) atoms. The van der Waals surface area contributed by atoms with Crippen LogP contribution in [0.5, 0.6) is 0 Å². The second kappa shape index (κ2) is 5.15. The number of thiazole rings is 1. The Hall–Kier alpha value is -0.450. The maximum absolute atomic E-state index is 10.1. The lowest BCUT2D eigenvalue weighted by Crippen LogP contribution is -2.33. The van der Waals surface area contributed by atoms with E-state index in [2.05, 4.69) is 6.92 Å². The van der Waals surface area contributed by atoms with Gasteiger partial charge in [-0.05, 0) is 50.9 Å². The second-order valence-corrected chi connectivity index (χ2v) is 7.20. The molecule has 1 saturated carbocycles. The van der Waals surface area contributed by atoms with E-state index in [0.29, 0.717) is 0 Å². The molecular formula is C15H23NO2S. The molecule has 2 aliphatic carbocycles. The van der Waals surface area contributed by atoms with Crippen molar-refractivity contribution in [2.75, 3.05) is 7.11 Å². The molecule has 0 spiro atoms. The van der Waals surface area contributed by atoms with Crippen LogP contribution in [0.4, 0.5) is 0 Å². The van der Waals surface area contributed by atoms with Gasteiger partial charge in [0, 0.05) is 12.0 Å². The van der Waals surface area contributed by atoms with Crippen LogP contribution >= 0.6 is 11.3 Å².